The number of hydrogen-bond donors (Lipinski definition) is 1. The zero-order chi connectivity index (χ0) is 14.3. The molecule has 20 heavy (non-hydrogen) atoms. The van der Waals surface area contributed by atoms with Crippen LogP contribution in [0.3, 0.4) is 0 Å². The molecule has 2 aromatic heterocycles. The first kappa shape index (κ1) is 12.9. The standard InChI is InChI=1S/C12H10F4N4/c13-9-3-8(12(14,15)16)5-17-11(9)20-2-1-10-7(6-20)4-18-19-10/h3-5H,1-2,6H2,(H,18,19). The van der Waals surface area contributed by atoms with Crippen LogP contribution in [0.2, 0.25) is 0 Å². The van der Waals surface area contributed by atoms with Crippen molar-refractivity contribution in [3.63, 3.8) is 0 Å². The van der Waals surface area contributed by atoms with Gasteiger partial charge in [0, 0.05) is 37.0 Å². The van der Waals surface area contributed by atoms with Crippen LogP contribution in [-0.4, -0.2) is 21.7 Å². The molecule has 3 rings (SSSR count). The molecule has 0 aromatic carbocycles. The van der Waals surface area contributed by atoms with Crippen LogP contribution in [0.25, 0.3) is 0 Å². The molecule has 0 bridgehead atoms. The van der Waals surface area contributed by atoms with Crippen molar-refractivity contribution >= 4 is 5.82 Å². The first-order chi connectivity index (χ1) is 9.45. The first-order valence-corrected chi connectivity index (χ1v) is 5.94. The quantitative estimate of drug-likeness (QED) is 0.819. The Bertz CT molecular complexity index is 635. The number of fused-ring (bicyclic) bond motifs is 1. The van der Waals surface area contributed by atoms with Crippen LogP contribution in [0.1, 0.15) is 16.8 Å². The number of alkyl halides is 3. The smallest absolute Gasteiger partial charge is 0.349 e. The normalized spacial score (nSPS) is 15.3. The van der Waals surface area contributed by atoms with E-state index >= 15 is 0 Å². The molecule has 0 aliphatic carbocycles. The summed E-state index contributed by atoms with van der Waals surface area (Å²) >= 11 is 0. The summed E-state index contributed by atoms with van der Waals surface area (Å²) in [6.07, 6.45) is -1.68. The molecule has 0 atom stereocenters. The van der Waals surface area contributed by atoms with E-state index in [1.54, 1.807) is 11.1 Å². The lowest BCUT2D eigenvalue weighted by Gasteiger charge is -2.27. The molecule has 1 aliphatic heterocycles. The van der Waals surface area contributed by atoms with Gasteiger partial charge >= 0.3 is 6.18 Å². The zero-order valence-electron chi connectivity index (χ0n) is 10.2. The van der Waals surface area contributed by atoms with Crippen LogP contribution >= 0.6 is 0 Å². The van der Waals surface area contributed by atoms with E-state index < -0.39 is 17.6 Å². The fourth-order valence-corrected chi connectivity index (χ4v) is 2.22. The molecule has 0 spiro atoms. The Labute approximate surface area is 111 Å². The summed E-state index contributed by atoms with van der Waals surface area (Å²) in [5.74, 6) is -1.03. The largest absolute Gasteiger partial charge is 0.417 e. The van der Waals surface area contributed by atoms with E-state index in [9.17, 15) is 17.6 Å². The van der Waals surface area contributed by atoms with Gasteiger partial charge in [0.15, 0.2) is 11.6 Å². The van der Waals surface area contributed by atoms with E-state index in [-0.39, 0.29) is 5.82 Å². The lowest BCUT2D eigenvalue weighted by Crippen LogP contribution is -2.31. The van der Waals surface area contributed by atoms with E-state index in [4.69, 9.17) is 0 Å². The minimum Gasteiger partial charge on any atom is -0.349 e. The number of nitrogens with zero attached hydrogens (tertiary/aromatic N) is 3. The maximum absolute atomic E-state index is 13.8. The molecular weight excluding hydrogens is 276 g/mol. The van der Waals surface area contributed by atoms with Crippen LogP contribution < -0.4 is 4.90 Å². The summed E-state index contributed by atoms with van der Waals surface area (Å²) in [6.45, 7) is 0.853. The van der Waals surface area contributed by atoms with Gasteiger partial charge in [-0.3, -0.25) is 5.10 Å². The van der Waals surface area contributed by atoms with Crippen molar-refractivity contribution in [2.75, 3.05) is 11.4 Å². The topological polar surface area (TPSA) is 44.8 Å². The summed E-state index contributed by atoms with van der Waals surface area (Å²) in [5, 5.41) is 6.72. The van der Waals surface area contributed by atoms with Gasteiger partial charge in [0.25, 0.3) is 0 Å². The Balaban J connectivity index is 1.89. The van der Waals surface area contributed by atoms with Crippen molar-refractivity contribution in [1.82, 2.24) is 15.2 Å². The van der Waals surface area contributed by atoms with Crippen molar-refractivity contribution < 1.29 is 17.6 Å². The summed E-state index contributed by atoms with van der Waals surface area (Å²) < 4.78 is 51.2. The molecule has 2 aromatic rings. The average molecular weight is 286 g/mol. The van der Waals surface area contributed by atoms with Gasteiger partial charge in [-0.05, 0) is 6.07 Å². The second-order valence-corrected chi connectivity index (χ2v) is 4.57. The number of hydrogen-bond acceptors (Lipinski definition) is 3. The fourth-order valence-electron chi connectivity index (χ4n) is 2.22. The third kappa shape index (κ3) is 2.21. The van der Waals surface area contributed by atoms with Crippen LogP contribution in [0.5, 0.6) is 0 Å². The molecule has 0 saturated heterocycles. The van der Waals surface area contributed by atoms with Crippen LogP contribution in [0.15, 0.2) is 18.5 Å². The molecule has 1 aliphatic rings. The van der Waals surface area contributed by atoms with Crippen molar-refractivity contribution in [3.8, 4) is 0 Å². The second kappa shape index (κ2) is 4.46. The average Bonchev–Trinajstić information content (AvgIpc) is 2.84. The number of nitrogens with one attached hydrogen (secondary N) is 1. The summed E-state index contributed by atoms with van der Waals surface area (Å²) in [5.41, 5.74) is 0.783. The van der Waals surface area contributed by atoms with Gasteiger partial charge in [0.05, 0.1) is 11.8 Å². The Morgan fingerprint density at radius 1 is 1.25 bits per heavy atom. The van der Waals surface area contributed by atoms with Gasteiger partial charge in [0.2, 0.25) is 0 Å². The SMILES string of the molecule is Fc1cc(C(F)(F)F)cnc1N1CCc2[nH]ncc2C1. The van der Waals surface area contributed by atoms with E-state index in [0.717, 1.165) is 11.3 Å². The molecule has 0 fully saturated rings. The maximum atomic E-state index is 13.8. The predicted molar refractivity (Wildman–Crippen MR) is 62.5 cm³/mol. The minimum atomic E-state index is -4.59. The van der Waals surface area contributed by atoms with Crippen LogP contribution in [-0.2, 0) is 19.1 Å². The fraction of sp³-hybridized carbons (Fsp3) is 0.333. The summed E-state index contributed by atoms with van der Waals surface area (Å²) in [7, 11) is 0. The number of halogens is 4. The molecule has 3 heterocycles. The Morgan fingerprint density at radius 3 is 2.75 bits per heavy atom. The minimum absolute atomic E-state index is 0.0650. The highest BCUT2D eigenvalue weighted by atomic mass is 19.4. The van der Waals surface area contributed by atoms with E-state index in [1.807, 2.05) is 0 Å². The van der Waals surface area contributed by atoms with Gasteiger partial charge in [-0.2, -0.15) is 18.3 Å². The predicted octanol–water partition coefficient (Wildman–Crippen LogP) is 2.53. The van der Waals surface area contributed by atoms with Gasteiger partial charge in [-0.25, -0.2) is 9.37 Å². The molecule has 8 heteroatoms. The molecular formula is C12H10F4N4. The molecule has 106 valence electrons. The number of aromatic amines is 1. The first-order valence-electron chi connectivity index (χ1n) is 5.94. The molecule has 0 radical (unpaired) electrons. The second-order valence-electron chi connectivity index (χ2n) is 4.57. The van der Waals surface area contributed by atoms with Crippen molar-refractivity contribution in [3.05, 3.63) is 41.1 Å². The Kier molecular flexibility index (Phi) is 2.88. The third-order valence-corrected chi connectivity index (χ3v) is 3.25. The van der Waals surface area contributed by atoms with Crippen molar-refractivity contribution in [2.24, 2.45) is 0 Å². The van der Waals surface area contributed by atoms with Crippen LogP contribution in [0.4, 0.5) is 23.4 Å². The van der Waals surface area contributed by atoms with Gasteiger partial charge < -0.3 is 4.90 Å². The Hall–Kier alpha value is -2.12. The van der Waals surface area contributed by atoms with Gasteiger partial charge in [-0.1, -0.05) is 0 Å². The van der Waals surface area contributed by atoms with E-state index in [2.05, 4.69) is 15.2 Å². The molecule has 1 N–H and O–H groups in total. The molecule has 4 nitrogen and oxygen atoms in total. The van der Waals surface area contributed by atoms with Gasteiger partial charge in [0.1, 0.15) is 0 Å². The monoisotopic (exact) mass is 286 g/mol. The lowest BCUT2D eigenvalue weighted by atomic mass is 10.1. The van der Waals surface area contributed by atoms with Crippen LogP contribution in [0, 0.1) is 5.82 Å². The summed E-state index contributed by atoms with van der Waals surface area (Å²) in [6, 6.07) is 0.479. The molecule has 0 amide bonds. The highest BCUT2D eigenvalue weighted by Gasteiger charge is 2.32. The number of H-pyrrole nitrogens is 1. The van der Waals surface area contributed by atoms with Crippen molar-refractivity contribution in [2.45, 2.75) is 19.1 Å². The highest BCUT2D eigenvalue weighted by molar-refractivity contribution is 5.44. The van der Waals surface area contributed by atoms with Gasteiger partial charge in [-0.15, -0.1) is 0 Å². The Morgan fingerprint density at radius 2 is 2.05 bits per heavy atom. The van der Waals surface area contributed by atoms with Crippen molar-refractivity contribution in [1.29, 1.82) is 0 Å². The number of pyridine rings is 1. The van der Waals surface area contributed by atoms with E-state index in [1.165, 1.54) is 0 Å². The summed E-state index contributed by atoms with van der Waals surface area (Å²) in [4.78, 5) is 5.23. The highest BCUT2D eigenvalue weighted by Crippen LogP contribution is 2.31. The molecule has 0 saturated carbocycles. The maximum Gasteiger partial charge on any atom is 0.417 e. The molecule has 0 unspecified atom stereocenters. The van der Waals surface area contributed by atoms with E-state index in [0.29, 0.717) is 31.8 Å². The lowest BCUT2D eigenvalue weighted by molar-refractivity contribution is -0.138. The third-order valence-electron chi connectivity index (χ3n) is 3.25. The number of aromatic nitrogens is 3. The zero-order valence-corrected chi connectivity index (χ0v) is 10.2. The number of anilines is 1. The number of rotatable bonds is 1.